The number of halogens is 4. The Morgan fingerprint density at radius 3 is 2.31 bits per heavy atom. The monoisotopic (exact) mass is 312 g/mol. The zero-order chi connectivity index (χ0) is 10.5. The summed E-state index contributed by atoms with van der Waals surface area (Å²) in [5, 5.41) is 0. The molecule has 0 spiro atoms. The summed E-state index contributed by atoms with van der Waals surface area (Å²) in [5.41, 5.74) is 0. The van der Waals surface area contributed by atoms with E-state index in [1.54, 1.807) is 0 Å². The van der Waals surface area contributed by atoms with Gasteiger partial charge in [-0.2, -0.15) is 0 Å². The predicted octanol–water partition coefficient (Wildman–Crippen LogP) is -0.882. The molecule has 1 unspecified atom stereocenters. The molecule has 1 N–H and O–H groups in total. The SMILES string of the molecule is CCC([C@@H](C)ON[I-]C)C(F)(F)F. The van der Waals surface area contributed by atoms with Crippen LogP contribution in [0.5, 0.6) is 0 Å². The Hall–Kier alpha value is 0.440. The molecule has 0 aliphatic heterocycles. The van der Waals surface area contributed by atoms with Crippen LogP contribution in [0.2, 0.25) is 0 Å². The Kier molecular flexibility index (Phi) is 6.23. The van der Waals surface area contributed by atoms with Crippen molar-refractivity contribution in [3.63, 3.8) is 0 Å². The standard InChI is InChI=1S/C7H14F3INO/c1-4-6(7(8,9)10)5(2)13-12-11-3/h5-6,12H,4H2,1-3H3/q-1/t5-,6?/m1/s1. The Labute approximate surface area is 86.8 Å². The van der Waals surface area contributed by atoms with Crippen molar-refractivity contribution >= 4 is 0 Å². The van der Waals surface area contributed by atoms with Gasteiger partial charge in [0.1, 0.15) is 0 Å². The Balaban J connectivity index is 4.07. The molecule has 6 heteroatoms. The maximum atomic E-state index is 12.3. The second-order valence-corrected chi connectivity index (χ2v) is 4.16. The molecule has 2 nitrogen and oxygen atoms in total. The van der Waals surface area contributed by atoms with E-state index in [2.05, 4.69) is 3.69 Å². The Morgan fingerprint density at radius 2 is 2.00 bits per heavy atom. The predicted molar refractivity (Wildman–Crippen MR) is 39.4 cm³/mol. The van der Waals surface area contributed by atoms with E-state index in [1.165, 1.54) is 13.8 Å². The first-order chi connectivity index (χ1) is 5.93. The molecule has 0 aromatic heterocycles. The average Bonchev–Trinajstić information content (AvgIpc) is 1.99. The summed E-state index contributed by atoms with van der Waals surface area (Å²) in [6.45, 7) is 2.95. The first-order valence-corrected chi connectivity index (χ1v) is 7.12. The Morgan fingerprint density at radius 1 is 1.46 bits per heavy atom. The zero-order valence-electron chi connectivity index (χ0n) is 7.78. The second kappa shape index (κ2) is 6.02. The summed E-state index contributed by atoms with van der Waals surface area (Å²) in [4.78, 5) is 6.72. The average molecular weight is 312 g/mol. The van der Waals surface area contributed by atoms with Crippen molar-refractivity contribution in [1.29, 1.82) is 0 Å². The minimum absolute atomic E-state index is 0.0500. The van der Waals surface area contributed by atoms with Gasteiger partial charge in [-0.3, -0.25) is 0 Å². The third-order valence-electron chi connectivity index (χ3n) is 1.73. The first kappa shape index (κ1) is 13.4. The topological polar surface area (TPSA) is 21.3 Å². The summed E-state index contributed by atoms with van der Waals surface area (Å²) in [6.07, 6.45) is -4.93. The van der Waals surface area contributed by atoms with Crippen molar-refractivity contribution in [3.8, 4) is 0 Å². The molecular weight excluding hydrogens is 298 g/mol. The molecule has 0 saturated carbocycles. The molecule has 0 bridgehead atoms. The third kappa shape index (κ3) is 5.02. The summed E-state index contributed by atoms with van der Waals surface area (Å²) in [7, 11) is 0. The maximum absolute atomic E-state index is 12.3. The third-order valence-corrected chi connectivity index (χ3v) is 2.43. The molecule has 82 valence electrons. The van der Waals surface area contributed by atoms with E-state index in [1.807, 2.05) is 4.93 Å². The fourth-order valence-corrected chi connectivity index (χ4v) is 1.68. The van der Waals surface area contributed by atoms with Crippen molar-refractivity contribution in [2.24, 2.45) is 5.92 Å². The van der Waals surface area contributed by atoms with Crippen LogP contribution in [0.3, 0.4) is 0 Å². The normalized spacial score (nSPS) is 17.4. The first-order valence-electron chi connectivity index (χ1n) is 3.89. The molecule has 0 saturated heterocycles. The molecule has 0 radical (unpaired) electrons. The van der Waals surface area contributed by atoms with Crippen LogP contribution in [0.4, 0.5) is 13.2 Å². The van der Waals surface area contributed by atoms with E-state index in [9.17, 15) is 13.2 Å². The number of hydrogen-bond acceptors (Lipinski definition) is 2. The van der Waals surface area contributed by atoms with E-state index < -0.39 is 18.2 Å². The van der Waals surface area contributed by atoms with Gasteiger partial charge in [-0.05, 0) is 0 Å². The van der Waals surface area contributed by atoms with Crippen molar-refractivity contribution in [3.05, 3.63) is 0 Å². The summed E-state index contributed by atoms with van der Waals surface area (Å²) < 4.78 is 39.4. The van der Waals surface area contributed by atoms with E-state index in [0.717, 1.165) is 0 Å². The number of hydrogen-bond donors (Lipinski definition) is 1. The molecule has 13 heavy (non-hydrogen) atoms. The van der Waals surface area contributed by atoms with Crippen molar-refractivity contribution < 1.29 is 39.5 Å². The molecule has 0 amide bonds. The van der Waals surface area contributed by atoms with E-state index in [4.69, 9.17) is 4.84 Å². The Bertz CT molecular complexity index is 142. The molecule has 0 aromatic carbocycles. The van der Waals surface area contributed by atoms with E-state index >= 15 is 0 Å². The van der Waals surface area contributed by atoms with Gasteiger partial charge in [0, 0.05) is 0 Å². The molecule has 0 aliphatic rings. The van der Waals surface area contributed by atoms with Crippen LogP contribution in [-0.2, 0) is 4.84 Å². The van der Waals surface area contributed by atoms with Crippen LogP contribution in [-0.4, -0.2) is 17.2 Å². The fraction of sp³-hybridized carbons (Fsp3) is 1.00. The van der Waals surface area contributed by atoms with Gasteiger partial charge in [0.25, 0.3) is 0 Å². The molecule has 2 atom stereocenters. The van der Waals surface area contributed by atoms with E-state index in [-0.39, 0.29) is 27.9 Å². The van der Waals surface area contributed by atoms with Crippen molar-refractivity contribution in [2.75, 3.05) is 4.93 Å². The summed E-state index contributed by atoms with van der Waals surface area (Å²) >= 11 is -0.333. The van der Waals surface area contributed by atoms with Crippen molar-refractivity contribution in [2.45, 2.75) is 32.5 Å². The molecule has 0 aromatic rings. The van der Waals surface area contributed by atoms with Gasteiger partial charge in [-0.25, -0.2) is 0 Å². The molecule has 0 aliphatic carbocycles. The van der Waals surface area contributed by atoms with Crippen LogP contribution >= 0.6 is 0 Å². The zero-order valence-corrected chi connectivity index (χ0v) is 9.94. The van der Waals surface area contributed by atoms with Gasteiger partial charge >= 0.3 is 86.6 Å². The van der Waals surface area contributed by atoms with Crippen LogP contribution < -0.4 is 25.2 Å². The number of rotatable bonds is 5. The van der Waals surface area contributed by atoms with Gasteiger partial charge in [0.15, 0.2) is 0 Å². The van der Waals surface area contributed by atoms with Gasteiger partial charge in [-0.1, -0.05) is 0 Å². The molecule has 0 fully saturated rings. The van der Waals surface area contributed by atoms with Gasteiger partial charge in [0.2, 0.25) is 0 Å². The summed E-state index contributed by atoms with van der Waals surface area (Å²) in [5.74, 6) is -1.38. The van der Waals surface area contributed by atoms with E-state index in [0.29, 0.717) is 0 Å². The fourth-order valence-electron chi connectivity index (χ4n) is 1.03. The molecular formula is C7H14F3INO-. The second-order valence-electron chi connectivity index (χ2n) is 2.65. The van der Waals surface area contributed by atoms with Gasteiger partial charge < -0.3 is 0 Å². The van der Waals surface area contributed by atoms with Gasteiger partial charge in [-0.15, -0.1) is 0 Å². The number of alkyl halides is 4. The van der Waals surface area contributed by atoms with Crippen LogP contribution in [0.25, 0.3) is 0 Å². The van der Waals surface area contributed by atoms with Crippen LogP contribution in [0, 0.1) is 5.92 Å². The molecule has 0 heterocycles. The summed E-state index contributed by atoms with van der Waals surface area (Å²) in [6, 6.07) is 0. The van der Waals surface area contributed by atoms with Crippen LogP contribution in [0.1, 0.15) is 20.3 Å². The molecule has 0 rings (SSSR count). The minimum atomic E-state index is -4.16. The number of nitrogens with one attached hydrogen (secondary N) is 1. The van der Waals surface area contributed by atoms with Gasteiger partial charge in [0.05, 0.1) is 0 Å². The quantitative estimate of drug-likeness (QED) is 0.308. The van der Waals surface area contributed by atoms with Crippen molar-refractivity contribution in [1.82, 2.24) is 3.69 Å². The van der Waals surface area contributed by atoms with Crippen LogP contribution in [0.15, 0.2) is 0 Å².